The minimum absolute atomic E-state index is 0.276. The molecule has 1 unspecified atom stereocenters. The lowest BCUT2D eigenvalue weighted by atomic mass is 9.64. The molecule has 186 valence electrons. The zero-order valence-electron chi connectivity index (χ0n) is 20.6. The number of aromatic nitrogens is 1. The van der Waals surface area contributed by atoms with Crippen LogP contribution in [0.1, 0.15) is 25.5 Å². The molecule has 0 radical (unpaired) electrons. The first kappa shape index (κ1) is 25.7. The third-order valence-corrected chi connectivity index (χ3v) is 7.65. The molecule has 2 aliphatic rings. The Morgan fingerprint density at radius 2 is 2.08 bits per heavy atom. The van der Waals surface area contributed by atoms with Crippen LogP contribution in [-0.2, 0) is 0 Å². The van der Waals surface area contributed by atoms with Crippen molar-refractivity contribution in [2.75, 3.05) is 25.0 Å². The average molecular weight is 502 g/mol. The number of rotatable bonds is 10. The Bertz CT molecular complexity index is 1220. The van der Waals surface area contributed by atoms with E-state index in [2.05, 4.69) is 46.1 Å². The Kier molecular flexibility index (Phi) is 8.23. The van der Waals surface area contributed by atoms with Gasteiger partial charge in [-0.1, -0.05) is 30.9 Å². The summed E-state index contributed by atoms with van der Waals surface area (Å²) in [6.45, 7) is 13.0. The van der Waals surface area contributed by atoms with Crippen molar-refractivity contribution >= 4 is 29.4 Å². The molecule has 36 heavy (non-hydrogen) atoms. The van der Waals surface area contributed by atoms with Crippen molar-refractivity contribution in [2.24, 2.45) is 5.41 Å². The highest BCUT2D eigenvalue weighted by molar-refractivity contribution is 8.01. The van der Waals surface area contributed by atoms with Gasteiger partial charge in [0, 0.05) is 60.0 Å². The van der Waals surface area contributed by atoms with Crippen molar-refractivity contribution in [1.82, 2.24) is 14.6 Å². The number of nitrogens with one attached hydrogen (secondary N) is 3. The van der Waals surface area contributed by atoms with Gasteiger partial charge in [0.1, 0.15) is 5.82 Å². The van der Waals surface area contributed by atoms with Crippen molar-refractivity contribution in [3.05, 3.63) is 113 Å². The van der Waals surface area contributed by atoms with Crippen molar-refractivity contribution in [1.29, 1.82) is 5.41 Å². The molecule has 1 aliphatic heterocycles. The summed E-state index contributed by atoms with van der Waals surface area (Å²) in [5.41, 5.74) is 5.22. The molecular weight excluding hydrogens is 469 g/mol. The van der Waals surface area contributed by atoms with E-state index in [1.807, 2.05) is 30.5 Å². The van der Waals surface area contributed by atoms with E-state index in [1.165, 1.54) is 23.9 Å². The quantitative estimate of drug-likeness (QED) is 0.196. The Balaban J connectivity index is 1.70. The highest BCUT2D eigenvalue weighted by atomic mass is 32.2. The molecular formula is C29H32FN5S. The number of pyridine rings is 1. The lowest BCUT2D eigenvalue weighted by Gasteiger charge is -2.48. The molecule has 0 bridgehead atoms. The molecule has 7 heteroatoms. The van der Waals surface area contributed by atoms with Crippen molar-refractivity contribution in [3.8, 4) is 0 Å². The van der Waals surface area contributed by atoms with Crippen molar-refractivity contribution < 1.29 is 4.39 Å². The van der Waals surface area contributed by atoms with Gasteiger partial charge in [0.25, 0.3) is 0 Å². The van der Waals surface area contributed by atoms with E-state index >= 15 is 0 Å². The first-order valence-corrected chi connectivity index (χ1v) is 12.8. The van der Waals surface area contributed by atoms with E-state index < -0.39 is 5.41 Å². The van der Waals surface area contributed by atoms with Crippen LogP contribution in [0.25, 0.3) is 5.57 Å². The van der Waals surface area contributed by atoms with E-state index in [0.717, 1.165) is 59.2 Å². The number of fused-ring (bicyclic) bond motifs is 1. The summed E-state index contributed by atoms with van der Waals surface area (Å²) in [6.07, 6.45) is 10.7. The van der Waals surface area contributed by atoms with Crippen molar-refractivity contribution in [3.63, 3.8) is 0 Å². The molecule has 5 nitrogen and oxygen atoms in total. The highest BCUT2D eigenvalue weighted by Crippen LogP contribution is 2.53. The molecule has 0 amide bonds. The second-order valence-electron chi connectivity index (χ2n) is 8.85. The van der Waals surface area contributed by atoms with E-state index in [-0.39, 0.29) is 5.82 Å². The molecule has 0 saturated carbocycles. The van der Waals surface area contributed by atoms with Gasteiger partial charge in [-0.3, -0.25) is 4.98 Å². The Morgan fingerprint density at radius 3 is 2.75 bits per heavy atom. The summed E-state index contributed by atoms with van der Waals surface area (Å²) in [4.78, 5) is 5.67. The highest BCUT2D eigenvalue weighted by Gasteiger charge is 2.45. The maximum atomic E-state index is 13.4. The van der Waals surface area contributed by atoms with Gasteiger partial charge in [-0.15, -0.1) is 0 Å². The summed E-state index contributed by atoms with van der Waals surface area (Å²) in [5, 5.41) is 14.9. The van der Waals surface area contributed by atoms with Gasteiger partial charge in [0.15, 0.2) is 0 Å². The topological polar surface area (TPSA) is 64.0 Å². The van der Waals surface area contributed by atoms with E-state index in [1.54, 1.807) is 30.3 Å². The molecule has 1 aromatic heterocycles. The summed E-state index contributed by atoms with van der Waals surface area (Å²) in [5.74, 6) is -0.276. The number of nitrogens with zero attached hydrogens (tertiary/aromatic N) is 2. The van der Waals surface area contributed by atoms with Crippen LogP contribution in [0.2, 0.25) is 0 Å². The molecule has 1 fully saturated rings. The fourth-order valence-corrected chi connectivity index (χ4v) is 5.68. The van der Waals surface area contributed by atoms with Gasteiger partial charge in [-0.2, -0.15) is 0 Å². The van der Waals surface area contributed by atoms with Gasteiger partial charge >= 0.3 is 0 Å². The number of halogens is 1. The third kappa shape index (κ3) is 5.53. The van der Waals surface area contributed by atoms with Gasteiger partial charge in [-0.25, -0.2) is 8.70 Å². The minimum Gasteiger partial charge on any atom is -0.390 e. The van der Waals surface area contributed by atoms with Crippen LogP contribution in [0.4, 0.5) is 10.1 Å². The second kappa shape index (κ2) is 11.5. The van der Waals surface area contributed by atoms with Crippen LogP contribution >= 0.6 is 11.9 Å². The van der Waals surface area contributed by atoms with Crippen LogP contribution in [0.3, 0.4) is 0 Å². The number of piperidine rings is 1. The molecule has 1 aliphatic carbocycles. The predicted octanol–water partition coefficient (Wildman–Crippen LogP) is 6.56. The molecule has 2 heterocycles. The number of allylic oxidation sites excluding steroid dienone is 3. The molecule has 2 aromatic rings. The second-order valence-corrected chi connectivity index (χ2v) is 10.0. The molecule has 4 rings (SSSR count). The molecule has 3 N–H and O–H groups in total. The molecule has 0 spiro atoms. The first-order valence-electron chi connectivity index (χ1n) is 12.1. The van der Waals surface area contributed by atoms with E-state index in [4.69, 9.17) is 5.41 Å². The maximum Gasteiger partial charge on any atom is 0.123 e. The zero-order chi connectivity index (χ0) is 25.5. The summed E-state index contributed by atoms with van der Waals surface area (Å²) in [6, 6.07) is 12.2. The third-order valence-electron chi connectivity index (χ3n) is 6.58. The fourth-order valence-electron chi connectivity index (χ4n) is 4.70. The van der Waals surface area contributed by atoms with Crippen LogP contribution in [0, 0.1) is 16.6 Å². The lowest BCUT2D eigenvalue weighted by Crippen LogP contribution is -2.44. The molecule has 1 aromatic carbocycles. The maximum absolute atomic E-state index is 13.4. The largest absolute Gasteiger partial charge is 0.390 e. The van der Waals surface area contributed by atoms with Gasteiger partial charge < -0.3 is 16.0 Å². The lowest BCUT2D eigenvalue weighted by molar-refractivity contribution is 0.288. The molecule has 1 atom stereocenters. The summed E-state index contributed by atoms with van der Waals surface area (Å²) in [7, 11) is 0. The molecule has 1 saturated heterocycles. The number of hydrogen-bond donors (Lipinski definition) is 3. The fraction of sp³-hybridized carbons (Fsp3) is 0.241. The van der Waals surface area contributed by atoms with Crippen LogP contribution < -0.4 is 10.6 Å². The monoisotopic (exact) mass is 501 g/mol. The van der Waals surface area contributed by atoms with Gasteiger partial charge in [0.2, 0.25) is 0 Å². The van der Waals surface area contributed by atoms with Gasteiger partial charge in [0.05, 0.1) is 5.69 Å². The smallest absolute Gasteiger partial charge is 0.123 e. The van der Waals surface area contributed by atoms with E-state index in [9.17, 15) is 4.39 Å². The number of benzene rings is 1. The van der Waals surface area contributed by atoms with Crippen molar-refractivity contribution in [2.45, 2.75) is 19.8 Å². The normalized spacial score (nSPS) is 20.3. The number of hydrogen-bond acceptors (Lipinski definition) is 6. The standard InChI is InChI=1S/C29H32FN5S/c1-4-26(19-32-5-2)36-35-15-13-23-16-28(34-25-11-9-24(30)10-12-25)22(18-31)17-29(23,20-35)21(3)27-8-6-7-14-33-27/h4,6-12,14,16,18-19,31-32,34H,1,3,5,13,15,17,20H2,2H3/b26-19+,31-18?. The van der Waals surface area contributed by atoms with Gasteiger partial charge in [-0.05, 0) is 85.3 Å². The first-order chi connectivity index (χ1) is 17.5. The Hall–Kier alpha value is -3.42. The Labute approximate surface area is 217 Å². The Morgan fingerprint density at radius 1 is 1.28 bits per heavy atom. The number of anilines is 1. The summed E-state index contributed by atoms with van der Waals surface area (Å²) >= 11 is 1.69. The zero-order valence-corrected chi connectivity index (χ0v) is 21.4. The van der Waals surface area contributed by atoms with E-state index in [0.29, 0.717) is 6.42 Å². The van der Waals surface area contributed by atoms with Crippen LogP contribution in [-0.4, -0.2) is 35.1 Å². The minimum atomic E-state index is -0.398. The SMILES string of the molecule is C=C/C(=C\NCC)SN1CCC2=CC(Nc3ccc(F)cc3)=C(C=N)CC2(C(=C)c2ccccn2)C1. The predicted molar refractivity (Wildman–Crippen MR) is 150 cm³/mol. The van der Waals surface area contributed by atoms with Crippen LogP contribution in [0.15, 0.2) is 102 Å². The van der Waals surface area contributed by atoms with Crippen LogP contribution in [0.5, 0.6) is 0 Å². The summed E-state index contributed by atoms with van der Waals surface area (Å²) < 4.78 is 15.8. The average Bonchev–Trinajstić information content (AvgIpc) is 2.92.